The molecular formula is C23H30N2O4. The zero-order chi connectivity index (χ0) is 20.2. The van der Waals surface area contributed by atoms with E-state index in [0.717, 1.165) is 18.4 Å². The number of likely N-dealkylation sites (tertiary alicyclic amines) is 1. The minimum absolute atomic E-state index is 0.0205. The second kappa shape index (κ2) is 9.08. The van der Waals surface area contributed by atoms with Gasteiger partial charge in [-0.05, 0) is 24.3 Å². The van der Waals surface area contributed by atoms with Crippen molar-refractivity contribution in [2.24, 2.45) is 5.92 Å². The van der Waals surface area contributed by atoms with Gasteiger partial charge in [-0.25, -0.2) is 0 Å². The van der Waals surface area contributed by atoms with Crippen molar-refractivity contribution in [1.82, 2.24) is 10.2 Å². The summed E-state index contributed by atoms with van der Waals surface area (Å²) in [6, 6.07) is 8.52. The first kappa shape index (κ1) is 20.1. The van der Waals surface area contributed by atoms with E-state index >= 15 is 0 Å². The number of rotatable bonds is 6. The van der Waals surface area contributed by atoms with E-state index in [1.54, 1.807) is 4.90 Å². The molecule has 0 bridgehead atoms. The third-order valence-electron chi connectivity index (χ3n) is 6.53. The lowest BCUT2D eigenvalue weighted by atomic mass is 9.84. The molecule has 156 valence electrons. The molecule has 2 saturated heterocycles. The van der Waals surface area contributed by atoms with E-state index in [9.17, 15) is 14.4 Å². The van der Waals surface area contributed by atoms with Crippen molar-refractivity contribution in [3.8, 4) is 0 Å². The molecule has 2 amide bonds. The van der Waals surface area contributed by atoms with Gasteiger partial charge in [0.05, 0.1) is 12.5 Å². The maximum absolute atomic E-state index is 13.4. The van der Waals surface area contributed by atoms with Crippen LogP contribution in [0.3, 0.4) is 0 Å². The zero-order valence-electron chi connectivity index (χ0n) is 16.8. The van der Waals surface area contributed by atoms with Gasteiger partial charge < -0.3 is 15.0 Å². The summed E-state index contributed by atoms with van der Waals surface area (Å²) in [5.41, 5.74) is 0.925. The number of fused-ring (bicyclic) bond motifs is 1. The van der Waals surface area contributed by atoms with Crippen molar-refractivity contribution in [3.05, 3.63) is 35.9 Å². The molecule has 1 aromatic rings. The first-order chi connectivity index (χ1) is 14.1. The first-order valence-electron chi connectivity index (χ1n) is 10.9. The summed E-state index contributed by atoms with van der Waals surface area (Å²) < 4.78 is 5.53. The zero-order valence-corrected chi connectivity index (χ0v) is 16.8. The summed E-state index contributed by atoms with van der Waals surface area (Å²) in [6.07, 6.45) is 7.24. The molecule has 0 aromatic heterocycles. The van der Waals surface area contributed by atoms with Gasteiger partial charge in [-0.1, -0.05) is 62.4 Å². The number of benzene rings is 1. The Bertz CT molecular complexity index is 745. The van der Waals surface area contributed by atoms with E-state index in [2.05, 4.69) is 5.32 Å². The predicted octanol–water partition coefficient (Wildman–Crippen LogP) is 2.25. The van der Waals surface area contributed by atoms with Crippen molar-refractivity contribution < 1.29 is 19.1 Å². The van der Waals surface area contributed by atoms with Crippen LogP contribution < -0.4 is 5.32 Å². The number of nitrogens with zero attached hydrogens (tertiary/aromatic N) is 1. The quantitative estimate of drug-likeness (QED) is 0.798. The van der Waals surface area contributed by atoms with Crippen molar-refractivity contribution in [2.45, 2.75) is 69.6 Å². The number of ether oxygens (including phenoxy) is 1. The average molecular weight is 399 g/mol. The number of amides is 2. The molecule has 1 aromatic carbocycles. The van der Waals surface area contributed by atoms with Crippen LogP contribution in [0.25, 0.3) is 0 Å². The van der Waals surface area contributed by atoms with E-state index in [0.29, 0.717) is 25.3 Å². The van der Waals surface area contributed by atoms with Gasteiger partial charge in [-0.15, -0.1) is 0 Å². The average Bonchev–Trinajstić information content (AvgIpc) is 3.31. The summed E-state index contributed by atoms with van der Waals surface area (Å²) in [5, 5.41) is 3.00. The minimum Gasteiger partial charge on any atom is -0.368 e. The van der Waals surface area contributed by atoms with Crippen molar-refractivity contribution in [3.63, 3.8) is 0 Å². The lowest BCUT2D eigenvalue weighted by molar-refractivity contribution is -0.140. The van der Waals surface area contributed by atoms with Crippen LogP contribution in [0.4, 0.5) is 0 Å². The Kier molecular flexibility index (Phi) is 6.28. The molecule has 0 unspecified atom stereocenters. The smallest absolute Gasteiger partial charge is 0.245 e. The Morgan fingerprint density at radius 3 is 2.62 bits per heavy atom. The summed E-state index contributed by atoms with van der Waals surface area (Å²) in [5.74, 6) is 0.162. The van der Waals surface area contributed by atoms with Crippen molar-refractivity contribution in [2.75, 3.05) is 13.2 Å². The summed E-state index contributed by atoms with van der Waals surface area (Å²) >= 11 is 0. The second-order valence-corrected chi connectivity index (χ2v) is 8.60. The van der Waals surface area contributed by atoms with Crippen LogP contribution in [0, 0.1) is 5.92 Å². The third-order valence-corrected chi connectivity index (χ3v) is 6.53. The predicted molar refractivity (Wildman–Crippen MR) is 108 cm³/mol. The lowest BCUT2D eigenvalue weighted by Gasteiger charge is -2.31. The molecule has 0 radical (unpaired) electrons. The van der Waals surface area contributed by atoms with Gasteiger partial charge in [0.2, 0.25) is 11.8 Å². The molecule has 6 nitrogen and oxygen atoms in total. The number of carbonyl (C=O) groups excluding carboxylic acids is 3. The monoisotopic (exact) mass is 398 g/mol. The molecule has 2 aliphatic heterocycles. The third kappa shape index (κ3) is 4.69. The molecule has 3 atom stereocenters. The Morgan fingerprint density at radius 1 is 1.10 bits per heavy atom. The fourth-order valence-electron chi connectivity index (χ4n) is 5.05. The number of nitrogens with one attached hydrogen (secondary N) is 1. The molecule has 1 aliphatic carbocycles. The Hall–Kier alpha value is -2.21. The van der Waals surface area contributed by atoms with Crippen LogP contribution in [0.5, 0.6) is 0 Å². The topological polar surface area (TPSA) is 75.7 Å². The SMILES string of the molecule is O=C(Cc1ccccc1)N[C@@H](CC1CCCCC1)C(=O)N1CC[C@H]2OCC(=O)[C@H]21. The summed E-state index contributed by atoms with van der Waals surface area (Å²) in [6.45, 7) is 0.613. The van der Waals surface area contributed by atoms with E-state index < -0.39 is 12.1 Å². The fraction of sp³-hybridized carbons (Fsp3) is 0.609. The van der Waals surface area contributed by atoms with Crippen LogP contribution in [-0.4, -0.2) is 53.8 Å². The van der Waals surface area contributed by atoms with Gasteiger partial charge >= 0.3 is 0 Å². The van der Waals surface area contributed by atoms with E-state index in [-0.39, 0.29) is 36.7 Å². The van der Waals surface area contributed by atoms with Crippen LogP contribution >= 0.6 is 0 Å². The largest absolute Gasteiger partial charge is 0.368 e. The van der Waals surface area contributed by atoms with Crippen LogP contribution in [0.1, 0.15) is 50.5 Å². The number of hydrogen-bond acceptors (Lipinski definition) is 4. The van der Waals surface area contributed by atoms with Gasteiger partial charge in [0.15, 0.2) is 5.78 Å². The molecule has 29 heavy (non-hydrogen) atoms. The Labute approximate surface area is 172 Å². The highest BCUT2D eigenvalue weighted by Gasteiger charge is 2.48. The second-order valence-electron chi connectivity index (χ2n) is 8.60. The standard InChI is InChI=1S/C23H30N2O4/c26-19-15-29-20-11-12-25(22(19)20)23(28)18(13-16-7-3-1-4-8-16)24-21(27)14-17-9-5-2-6-10-17/h2,5-6,9-10,16,18,20,22H,1,3-4,7-8,11-15H2,(H,24,27)/t18-,20+,22+/m0/s1. The first-order valence-corrected chi connectivity index (χ1v) is 10.9. The van der Waals surface area contributed by atoms with Crippen molar-refractivity contribution >= 4 is 17.6 Å². The lowest BCUT2D eigenvalue weighted by Crippen LogP contribution is -2.53. The molecule has 6 heteroatoms. The molecule has 0 spiro atoms. The summed E-state index contributed by atoms with van der Waals surface area (Å²) in [4.78, 5) is 40.0. The minimum atomic E-state index is -0.568. The molecule has 4 rings (SSSR count). The van der Waals surface area contributed by atoms with Crippen molar-refractivity contribution in [1.29, 1.82) is 0 Å². The van der Waals surface area contributed by atoms with Crippen LogP contribution in [0.2, 0.25) is 0 Å². The Balaban J connectivity index is 1.46. The molecule has 1 saturated carbocycles. The highest BCUT2D eigenvalue weighted by atomic mass is 16.5. The van der Waals surface area contributed by atoms with Crippen LogP contribution in [0.15, 0.2) is 30.3 Å². The number of Topliss-reactive ketones (excluding diaryl/α,β-unsaturated/α-hetero) is 1. The molecule has 3 fully saturated rings. The van der Waals surface area contributed by atoms with E-state index in [1.807, 2.05) is 30.3 Å². The fourth-order valence-corrected chi connectivity index (χ4v) is 5.05. The van der Waals surface area contributed by atoms with Gasteiger partial charge in [0, 0.05) is 6.54 Å². The summed E-state index contributed by atoms with van der Waals surface area (Å²) in [7, 11) is 0. The Morgan fingerprint density at radius 2 is 1.86 bits per heavy atom. The number of hydrogen-bond donors (Lipinski definition) is 1. The normalized spacial score (nSPS) is 25.7. The van der Waals surface area contributed by atoms with Gasteiger partial charge in [0.25, 0.3) is 0 Å². The van der Waals surface area contributed by atoms with E-state index in [4.69, 9.17) is 4.74 Å². The molecule has 3 aliphatic rings. The van der Waals surface area contributed by atoms with Crippen LogP contribution in [-0.2, 0) is 25.5 Å². The van der Waals surface area contributed by atoms with Gasteiger partial charge in [-0.3, -0.25) is 14.4 Å². The number of carbonyl (C=O) groups is 3. The number of ketones is 1. The highest BCUT2D eigenvalue weighted by Crippen LogP contribution is 2.31. The van der Waals surface area contributed by atoms with Gasteiger partial charge in [0.1, 0.15) is 18.7 Å². The molecule has 2 heterocycles. The molecular weight excluding hydrogens is 368 g/mol. The highest BCUT2D eigenvalue weighted by molar-refractivity contribution is 5.95. The van der Waals surface area contributed by atoms with E-state index in [1.165, 1.54) is 19.3 Å². The maximum atomic E-state index is 13.4. The van der Waals surface area contributed by atoms with Gasteiger partial charge in [-0.2, -0.15) is 0 Å². The maximum Gasteiger partial charge on any atom is 0.245 e. The molecule has 1 N–H and O–H groups in total.